The highest BCUT2D eigenvalue weighted by Gasteiger charge is 2.35. The molecule has 87 heavy (non-hydrogen) atoms. The maximum absolute atomic E-state index is 13.2. The number of ether oxygens (including phenoxy) is 3. The topological polar surface area (TPSA) is 196 Å². The van der Waals surface area contributed by atoms with Gasteiger partial charge >= 0.3 is 18.3 Å². The summed E-state index contributed by atoms with van der Waals surface area (Å²) >= 11 is 18.3. The van der Waals surface area contributed by atoms with E-state index < -0.39 is 17.3 Å². The molecule has 5 N–H and O–H groups in total. The van der Waals surface area contributed by atoms with E-state index in [2.05, 4.69) is 51.7 Å². The Morgan fingerprint density at radius 3 is 1.33 bits per heavy atom. The van der Waals surface area contributed by atoms with Crippen LogP contribution in [0.4, 0.5) is 14.4 Å². The number of hydrogen-bond acceptors (Lipinski definition) is 11. The molecule has 3 aliphatic heterocycles. The zero-order valence-electron chi connectivity index (χ0n) is 51.0. The lowest BCUT2D eigenvalue weighted by Crippen LogP contribution is -2.48. The number of carbonyl (C=O) groups excluding carboxylic acids is 4. The number of alkyl carbamates (subject to hydrolysis) is 1. The van der Waals surface area contributed by atoms with Gasteiger partial charge in [0.25, 0.3) is 5.91 Å². The average molecular weight is 1240 g/mol. The molecule has 0 radical (unpaired) electrons. The fourth-order valence-electron chi connectivity index (χ4n) is 12.0. The van der Waals surface area contributed by atoms with Crippen molar-refractivity contribution in [3.05, 3.63) is 188 Å². The normalized spacial score (nSPS) is 16.8. The SMILES string of the molecule is CC(C)(C)OC(=O)N1CCC(C(Cc2cccc(Cl)c2)NC(=O)OCC2c3ccccc3-c3ccccc32)CC1.CC(C)(C)OC(=O)N1CCC(C(N)Cc2cccc(Cl)c2)CC1.N[C@H](Cc1cccc(Cl)c1)C1CCN(C(=O)c2ncccn2)CC1. The fourth-order valence-corrected chi connectivity index (χ4v) is 12.6. The first-order valence-corrected chi connectivity index (χ1v) is 31.6. The predicted octanol–water partition coefficient (Wildman–Crippen LogP) is 13.8. The van der Waals surface area contributed by atoms with Crippen LogP contribution in [0, 0.1) is 17.8 Å². The van der Waals surface area contributed by atoms with Gasteiger partial charge in [0.15, 0.2) is 0 Å². The van der Waals surface area contributed by atoms with Gasteiger partial charge in [0, 0.05) is 90.8 Å². The van der Waals surface area contributed by atoms with E-state index in [1.807, 2.05) is 131 Å². The minimum Gasteiger partial charge on any atom is -0.449 e. The molecule has 3 saturated heterocycles. The van der Waals surface area contributed by atoms with Crippen molar-refractivity contribution >= 4 is 59.0 Å². The quantitative estimate of drug-likeness (QED) is 0.0931. The van der Waals surface area contributed by atoms with E-state index in [1.54, 1.807) is 28.3 Å². The third kappa shape index (κ3) is 19.9. The second-order valence-corrected chi connectivity index (χ2v) is 26.5. The number of aromatic nitrogens is 2. The van der Waals surface area contributed by atoms with E-state index >= 15 is 0 Å². The van der Waals surface area contributed by atoms with Crippen LogP contribution in [0.1, 0.15) is 124 Å². The number of nitrogens with two attached hydrogens (primary N) is 2. The molecule has 0 spiro atoms. The second-order valence-electron chi connectivity index (χ2n) is 25.2. The number of benzene rings is 5. The van der Waals surface area contributed by atoms with Gasteiger partial charge in [-0.05, 0) is 198 Å². The van der Waals surface area contributed by atoms with Gasteiger partial charge in [-0.3, -0.25) is 4.79 Å². The molecule has 2 unspecified atom stereocenters. The van der Waals surface area contributed by atoms with Gasteiger partial charge in [0.2, 0.25) is 5.82 Å². The molecule has 5 aromatic carbocycles. The van der Waals surface area contributed by atoms with Crippen LogP contribution in [0.2, 0.25) is 15.1 Å². The Morgan fingerprint density at radius 1 is 0.529 bits per heavy atom. The van der Waals surface area contributed by atoms with E-state index in [4.69, 9.17) is 60.5 Å². The second kappa shape index (κ2) is 30.9. The van der Waals surface area contributed by atoms with E-state index in [1.165, 1.54) is 27.8 Å². The van der Waals surface area contributed by atoms with Crippen LogP contribution in [0.5, 0.6) is 0 Å². The zero-order chi connectivity index (χ0) is 62.3. The number of nitrogens with one attached hydrogen (secondary N) is 1. The number of hydrogen-bond donors (Lipinski definition) is 3. The van der Waals surface area contributed by atoms with E-state index in [0.717, 1.165) is 72.5 Å². The summed E-state index contributed by atoms with van der Waals surface area (Å²) in [4.78, 5) is 63.7. The summed E-state index contributed by atoms with van der Waals surface area (Å²) < 4.78 is 16.9. The maximum Gasteiger partial charge on any atom is 0.410 e. The van der Waals surface area contributed by atoms with Crippen molar-refractivity contribution in [2.75, 3.05) is 45.9 Å². The summed E-state index contributed by atoms with van der Waals surface area (Å²) in [7, 11) is 0. The van der Waals surface area contributed by atoms with Gasteiger partial charge in [0.1, 0.15) is 17.8 Å². The molecule has 18 heteroatoms. The number of rotatable bonds is 13. The van der Waals surface area contributed by atoms with Crippen LogP contribution in [0.15, 0.2) is 140 Å². The van der Waals surface area contributed by atoms with Crippen LogP contribution in [-0.2, 0) is 33.5 Å². The van der Waals surface area contributed by atoms with Crippen molar-refractivity contribution in [3.8, 4) is 11.1 Å². The Morgan fingerprint density at radius 2 is 0.920 bits per heavy atom. The number of halogens is 3. The van der Waals surface area contributed by atoms with Crippen LogP contribution in [0.3, 0.4) is 0 Å². The first kappa shape index (κ1) is 66.2. The van der Waals surface area contributed by atoms with Gasteiger partial charge < -0.3 is 45.7 Å². The van der Waals surface area contributed by atoms with Gasteiger partial charge in [-0.2, -0.15) is 0 Å². The van der Waals surface area contributed by atoms with E-state index in [-0.39, 0.29) is 60.5 Å². The Labute approximate surface area is 528 Å². The molecule has 4 heterocycles. The summed E-state index contributed by atoms with van der Waals surface area (Å²) in [6.45, 7) is 15.5. The Hall–Kier alpha value is -6.75. The van der Waals surface area contributed by atoms with Gasteiger partial charge in [-0.1, -0.05) is 120 Å². The minimum atomic E-state index is -0.533. The van der Waals surface area contributed by atoms with Crippen LogP contribution in [0.25, 0.3) is 11.1 Å². The number of carbonyl (C=O) groups is 4. The standard InChI is InChI=1S/C33H37ClN2O4.C18H21ClN4O.C18H27ClN2O2/c1-33(2,3)40-32(38)36-17-15-23(16-18-36)30(20-22-9-8-10-24(34)19-22)35-31(37)39-21-29-27-13-6-4-11-25(27)26-12-5-7-14-28(26)29;19-15-4-1-3-13(11-15)12-16(20)14-5-9-23(10-6-14)18(24)17-21-7-2-8-22-17;1-18(2,3)23-17(22)21-9-7-14(8-10-21)16(20)12-13-5-4-6-15(19)11-13/h4-14,19,23,29-30H,15-18,20-21H2,1-3H3,(H,35,37);1-4,7-8,11,14,16H,5-6,9-10,12,20H2;4-6,11,14,16H,7-10,12,20H2,1-3H3/t;16-;/m.1./s1. The molecule has 3 atom stereocenters. The lowest BCUT2D eigenvalue weighted by atomic mass is 9.86. The van der Waals surface area contributed by atoms with Gasteiger partial charge in [0.05, 0.1) is 0 Å². The maximum atomic E-state index is 13.2. The van der Waals surface area contributed by atoms with Crippen LogP contribution < -0.4 is 16.8 Å². The summed E-state index contributed by atoms with van der Waals surface area (Å²) in [5, 5.41) is 5.32. The highest BCUT2D eigenvalue weighted by Crippen LogP contribution is 2.44. The van der Waals surface area contributed by atoms with Crippen LogP contribution >= 0.6 is 34.8 Å². The first-order valence-electron chi connectivity index (χ1n) is 30.4. The van der Waals surface area contributed by atoms with E-state index in [0.29, 0.717) is 62.5 Å². The minimum absolute atomic E-state index is 0.00148. The molecule has 0 bridgehead atoms. The molecule has 3 fully saturated rings. The van der Waals surface area contributed by atoms with Crippen molar-refractivity contribution < 1.29 is 33.4 Å². The van der Waals surface area contributed by atoms with Gasteiger partial charge in [-0.15, -0.1) is 0 Å². The number of likely N-dealkylation sites (tertiary alicyclic amines) is 3. The third-order valence-corrected chi connectivity index (χ3v) is 17.2. The first-order chi connectivity index (χ1) is 41.5. The molecule has 6 aromatic rings. The summed E-state index contributed by atoms with van der Waals surface area (Å²) in [5.41, 5.74) is 19.9. The third-order valence-electron chi connectivity index (χ3n) is 16.5. The molecule has 4 aliphatic rings. The Kier molecular flexibility index (Phi) is 23.5. The Bertz CT molecular complexity index is 3180. The highest BCUT2D eigenvalue weighted by atomic mass is 35.5. The summed E-state index contributed by atoms with van der Waals surface area (Å²) in [6, 6.07) is 41.7. The smallest absolute Gasteiger partial charge is 0.410 e. The number of fused-ring (bicyclic) bond motifs is 3. The molecule has 4 amide bonds. The number of piperidine rings is 3. The van der Waals surface area contributed by atoms with Crippen molar-refractivity contribution in [3.63, 3.8) is 0 Å². The molecule has 1 aromatic heterocycles. The van der Waals surface area contributed by atoms with Crippen molar-refractivity contribution in [1.82, 2.24) is 30.0 Å². The van der Waals surface area contributed by atoms with Crippen molar-refractivity contribution in [1.29, 1.82) is 0 Å². The fraction of sp³-hybridized carbons (Fsp3) is 0.449. The lowest BCUT2D eigenvalue weighted by molar-refractivity contribution is 0.0161. The molecule has 10 rings (SSSR count). The number of amides is 4. The van der Waals surface area contributed by atoms with Crippen molar-refractivity contribution in [2.24, 2.45) is 29.2 Å². The predicted molar refractivity (Wildman–Crippen MR) is 345 cm³/mol. The average Bonchev–Trinajstić information content (AvgIpc) is 1.73. The molecular weight excluding hydrogens is 1160 g/mol. The summed E-state index contributed by atoms with van der Waals surface area (Å²) in [6.07, 6.45) is 9.65. The largest absolute Gasteiger partial charge is 0.449 e. The van der Waals surface area contributed by atoms with Crippen molar-refractivity contribution in [2.45, 2.75) is 135 Å². The lowest BCUT2D eigenvalue weighted by Gasteiger charge is -2.37. The van der Waals surface area contributed by atoms with E-state index in [9.17, 15) is 19.2 Å². The molecule has 15 nitrogen and oxygen atoms in total. The zero-order valence-corrected chi connectivity index (χ0v) is 53.3. The van der Waals surface area contributed by atoms with Crippen LogP contribution in [-0.4, -0.2) is 124 Å². The monoisotopic (exact) mass is 1240 g/mol. The Balaban J connectivity index is 0.000000180. The summed E-state index contributed by atoms with van der Waals surface area (Å²) in [5.74, 6) is 1.17. The highest BCUT2D eigenvalue weighted by molar-refractivity contribution is 6.31. The molecule has 0 saturated carbocycles. The molecule has 464 valence electrons. The molecular formula is C69H85Cl3N8O7. The van der Waals surface area contributed by atoms with Gasteiger partial charge in [-0.25, -0.2) is 24.4 Å². The molecule has 1 aliphatic carbocycles. The number of nitrogens with zero attached hydrogens (tertiary/aromatic N) is 5.